The summed E-state index contributed by atoms with van der Waals surface area (Å²) in [4.78, 5) is 12.5. The standard InChI is InChI=1S/C10H12OS/c1-7(11)8-6-10(8,2)9-4-3-5-12-9/h3-5,8H,6H2,1-2H3. The Morgan fingerprint density at radius 1 is 1.75 bits per heavy atom. The third kappa shape index (κ3) is 1.02. The molecular weight excluding hydrogens is 168 g/mol. The van der Waals surface area contributed by atoms with Gasteiger partial charge in [0.2, 0.25) is 0 Å². The van der Waals surface area contributed by atoms with Crippen LogP contribution in [0.15, 0.2) is 17.5 Å². The molecule has 1 aliphatic carbocycles. The molecule has 2 unspecified atom stereocenters. The van der Waals surface area contributed by atoms with Crippen molar-refractivity contribution in [3.63, 3.8) is 0 Å². The number of Topliss-reactive ketones (excluding diaryl/α,β-unsaturated/α-hetero) is 1. The Morgan fingerprint density at radius 2 is 2.50 bits per heavy atom. The van der Waals surface area contributed by atoms with Crippen molar-refractivity contribution in [2.24, 2.45) is 5.92 Å². The smallest absolute Gasteiger partial charge is 0.133 e. The van der Waals surface area contributed by atoms with Crippen molar-refractivity contribution >= 4 is 17.1 Å². The minimum atomic E-state index is 0.181. The Morgan fingerprint density at radius 3 is 2.92 bits per heavy atom. The van der Waals surface area contributed by atoms with Gasteiger partial charge in [0, 0.05) is 16.2 Å². The molecule has 1 saturated carbocycles. The average Bonchev–Trinajstić information content (AvgIpc) is 2.52. The van der Waals surface area contributed by atoms with Gasteiger partial charge < -0.3 is 0 Å². The van der Waals surface area contributed by atoms with Crippen LogP contribution in [0, 0.1) is 5.92 Å². The van der Waals surface area contributed by atoms with E-state index < -0.39 is 0 Å². The second-order valence-corrected chi connectivity index (χ2v) is 4.71. The Labute approximate surface area is 76.4 Å². The van der Waals surface area contributed by atoms with E-state index in [4.69, 9.17) is 0 Å². The summed E-state index contributed by atoms with van der Waals surface area (Å²) >= 11 is 1.76. The maximum absolute atomic E-state index is 11.1. The summed E-state index contributed by atoms with van der Waals surface area (Å²) in [5.41, 5.74) is 0.181. The molecule has 0 amide bonds. The van der Waals surface area contributed by atoms with Gasteiger partial charge in [0.1, 0.15) is 5.78 Å². The number of thiophene rings is 1. The van der Waals surface area contributed by atoms with Gasteiger partial charge in [-0.3, -0.25) is 4.79 Å². The zero-order valence-electron chi connectivity index (χ0n) is 7.33. The molecule has 0 aromatic carbocycles. The first-order chi connectivity index (χ1) is 5.64. The maximum Gasteiger partial charge on any atom is 0.133 e. The first-order valence-corrected chi connectivity index (χ1v) is 5.07. The van der Waals surface area contributed by atoms with E-state index in [0.29, 0.717) is 5.78 Å². The van der Waals surface area contributed by atoms with Gasteiger partial charge in [-0.05, 0) is 24.8 Å². The van der Waals surface area contributed by atoms with E-state index >= 15 is 0 Å². The molecule has 1 aromatic rings. The van der Waals surface area contributed by atoms with Crippen LogP contribution in [0.1, 0.15) is 25.1 Å². The normalized spacial score (nSPS) is 33.3. The van der Waals surface area contributed by atoms with Crippen LogP contribution in [0.3, 0.4) is 0 Å². The van der Waals surface area contributed by atoms with E-state index in [1.807, 2.05) is 0 Å². The van der Waals surface area contributed by atoms with Gasteiger partial charge in [0.15, 0.2) is 0 Å². The van der Waals surface area contributed by atoms with Crippen molar-refractivity contribution in [1.82, 2.24) is 0 Å². The van der Waals surface area contributed by atoms with Gasteiger partial charge in [0.25, 0.3) is 0 Å². The molecule has 64 valence electrons. The Kier molecular flexibility index (Phi) is 1.62. The molecule has 2 heteroatoms. The van der Waals surface area contributed by atoms with E-state index in [2.05, 4.69) is 24.4 Å². The topological polar surface area (TPSA) is 17.1 Å². The van der Waals surface area contributed by atoms with Crippen LogP contribution >= 0.6 is 11.3 Å². The lowest BCUT2D eigenvalue weighted by molar-refractivity contribution is -0.118. The van der Waals surface area contributed by atoms with Gasteiger partial charge in [-0.2, -0.15) is 0 Å². The molecule has 0 radical (unpaired) electrons. The highest BCUT2D eigenvalue weighted by molar-refractivity contribution is 7.10. The van der Waals surface area contributed by atoms with E-state index in [1.54, 1.807) is 18.3 Å². The molecule has 1 nitrogen and oxygen atoms in total. The van der Waals surface area contributed by atoms with E-state index in [9.17, 15) is 4.79 Å². The van der Waals surface area contributed by atoms with Crippen LogP contribution < -0.4 is 0 Å². The zero-order chi connectivity index (χ0) is 8.77. The van der Waals surface area contributed by atoms with Crippen molar-refractivity contribution in [2.45, 2.75) is 25.7 Å². The lowest BCUT2D eigenvalue weighted by Gasteiger charge is -2.05. The van der Waals surface area contributed by atoms with Gasteiger partial charge in [0.05, 0.1) is 0 Å². The molecule has 1 aliphatic rings. The molecule has 0 saturated heterocycles. The first-order valence-electron chi connectivity index (χ1n) is 4.19. The minimum Gasteiger partial charge on any atom is -0.300 e. The fraction of sp³-hybridized carbons (Fsp3) is 0.500. The summed E-state index contributed by atoms with van der Waals surface area (Å²) in [6, 6.07) is 4.19. The highest BCUT2D eigenvalue weighted by atomic mass is 32.1. The number of carbonyl (C=O) groups excluding carboxylic acids is 1. The SMILES string of the molecule is CC(=O)C1CC1(C)c1cccs1. The molecule has 1 heterocycles. The molecule has 2 atom stereocenters. The Hall–Kier alpha value is -0.630. The summed E-state index contributed by atoms with van der Waals surface area (Å²) in [5.74, 6) is 0.627. The third-order valence-corrected chi connectivity index (χ3v) is 3.96. The molecule has 0 bridgehead atoms. The van der Waals surface area contributed by atoms with Crippen molar-refractivity contribution in [3.05, 3.63) is 22.4 Å². The number of hydrogen-bond donors (Lipinski definition) is 0. The predicted octanol–water partition coefficient (Wildman–Crippen LogP) is 2.61. The van der Waals surface area contributed by atoms with Crippen molar-refractivity contribution in [1.29, 1.82) is 0 Å². The van der Waals surface area contributed by atoms with Gasteiger partial charge >= 0.3 is 0 Å². The van der Waals surface area contributed by atoms with Crippen LogP contribution in [0.25, 0.3) is 0 Å². The summed E-state index contributed by atoms with van der Waals surface area (Å²) < 4.78 is 0. The molecular formula is C10H12OS. The number of hydrogen-bond acceptors (Lipinski definition) is 2. The van der Waals surface area contributed by atoms with Crippen LogP contribution in [0.5, 0.6) is 0 Å². The van der Waals surface area contributed by atoms with Crippen LogP contribution in [-0.2, 0) is 10.2 Å². The van der Waals surface area contributed by atoms with E-state index in [1.165, 1.54) is 4.88 Å². The van der Waals surface area contributed by atoms with Gasteiger partial charge in [-0.15, -0.1) is 11.3 Å². The number of ketones is 1. The number of rotatable bonds is 2. The number of carbonyl (C=O) groups is 1. The monoisotopic (exact) mass is 180 g/mol. The van der Waals surface area contributed by atoms with Gasteiger partial charge in [-0.1, -0.05) is 13.0 Å². The quantitative estimate of drug-likeness (QED) is 0.683. The summed E-state index contributed by atoms with van der Waals surface area (Å²) in [6.45, 7) is 3.88. The molecule has 0 aliphatic heterocycles. The fourth-order valence-corrected chi connectivity index (χ4v) is 2.79. The molecule has 12 heavy (non-hydrogen) atoms. The second kappa shape index (κ2) is 2.43. The minimum absolute atomic E-state index is 0.181. The molecule has 0 N–H and O–H groups in total. The van der Waals surface area contributed by atoms with Crippen LogP contribution in [0.4, 0.5) is 0 Å². The highest BCUT2D eigenvalue weighted by Gasteiger charge is 2.54. The average molecular weight is 180 g/mol. The molecule has 0 spiro atoms. The Bertz CT molecular complexity index is 302. The largest absolute Gasteiger partial charge is 0.300 e. The van der Waals surface area contributed by atoms with E-state index in [-0.39, 0.29) is 11.3 Å². The molecule has 2 rings (SSSR count). The lowest BCUT2D eigenvalue weighted by Crippen LogP contribution is -2.06. The summed E-state index contributed by atoms with van der Waals surface area (Å²) in [6.07, 6.45) is 1.04. The lowest BCUT2D eigenvalue weighted by atomic mass is 10.0. The highest BCUT2D eigenvalue weighted by Crippen LogP contribution is 2.55. The van der Waals surface area contributed by atoms with Crippen LogP contribution in [-0.4, -0.2) is 5.78 Å². The third-order valence-electron chi connectivity index (χ3n) is 2.81. The Balaban J connectivity index is 2.23. The molecule has 1 fully saturated rings. The van der Waals surface area contributed by atoms with Gasteiger partial charge in [-0.25, -0.2) is 0 Å². The van der Waals surface area contributed by atoms with Crippen molar-refractivity contribution in [2.75, 3.05) is 0 Å². The predicted molar refractivity (Wildman–Crippen MR) is 50.5 cm³/mol. The van der Waals surface area contributed by atoms with Crippen LogP contribution in [0.2, 0.25) is 0 Å². The molecule has 1 aromatic heterocycles. The first kappa shape index (κ1) is 7.99. The zero-order valence-corrected chi connectivity index (χ0v) is 8.15. The summed E-state index contributed by atoms with van der Waals surface area (Å²) in [7, 11) is 0. The summed E-state index contributed by atoms with van der Waals surface area (Å²) in [5, 5.41) is 2.08. The van der Waals surface area contributed by atoms with E-state index in [0.717, 1.165) is 6.42 Å². The van der Waals surface area contributed by atoms with Crippen molar-refractivity contribution in [3.8, 4) is 0 Å². The fourth-order valence-electron chi connectivity index (χ4n) is 1.83. The van der Waals surface area contributed by atoms with Crippen molar-refractivity contribution < 1.29 is 4.79 Å². The second-order valence-electron chi connectivity index (χ2n) is 3.76. The maximum atomic E-state index is 11.1.